The number of anilines is 1. The molecule has 0 radical (unpaired) electrons. The van der Waals surface area contributed by atoms with E-state index < -0.39 is 0 Å². The van der Waals surface area contributed by atoms with Gasteiger partial charge >= 0.3 is 0 Å². The minimum absolute atomic E-state index is 0.0332. The van der Waals surface area contributed by atoms with E-state index in [2.05, 4.69) is 48.3 Å². The Hall–Kier alpha value is -1.38. The Kier molecular flexibility index (Phi) is 6.04. The summed E-state index contributed by atoms with van der Waals surface area (Å²) in [6.45, 7) is 10.1. The summed E-state index contributed by atoms with van der Waals surface area (Å²) in [4.78, 5) is 21.1. The molecule has 8 heteroatoms. The SMILES string of the molecule is CC(Sc1cnc(NC(=O)C2CCCNC2)s1)c1ncc(C(C)(C)C)o1. The molecule has 1 aliphatic heterocycles. The normalized spacial score (nSPS) is 19.3. The Labute approximate surface area is 162 Å². The summed E-state index contributed by atoms with van der Waals surface area (Å²) >= 11 is 3.13. The lowest BCUT2D eigenvalue weighted by molar-refractivity contribution is -0.120. The lowest BCUT2D eigenvalue weighted by atomic mass is 9.94. The molecule has 2 N–H and O–H groups in total. The zero-order valence-electron chi connectivity index (χ0n) is 15.7. The molecule has 0 spiro atoms. The standard InChI is InChI=1S/C18H26N4O2S2/c1-11(16-20-9-13(24-16)18(2,3)4)25-14-10-21-17(26-14)22-15(23)12-6-5-7-19-8-12/h9-12,19H,5-8H2,1-4H3,(H,21,22,23). The number of nitrogens with one attached hydrogen (secondary N) is 2. The molecule has 3 heterocycles. The smallest absolute Gasteiger partial charge is 0.230 e. The highest BCUT2D eigenvalue weighted by Crippen LogP contribution is 2.39. The summed E-state index contributed by atoms with van der Waals surface area (Å²) in [6.07, 6.45) is 5.58. The molecule has 1 saturated heterocycles. The summed E-state index contributed by atoms with van der Waals surface area (Å²) in [7, 11) is 0. The molecule has 6 nitrogen and oxygen atoms in total. The maximum atomic E-state index is 12.3. The van der Waals surface area contributed by atoms with Crippen LogP contribution in [0.25, 0.3) is 0 Å². The topological polar surface area (TPSA) is 80.0 Å². The van der Waals surface area contributed by atoms with Crippen molar-refractivity contribution in [2.75, 3.05) is 18.4 Å². The first-order valence-corrected chi connectivity index (χ1v) is 10.6. The fourth-order valence-corrected chi connectivity index (χ4v) is 4.79. The molecule has 2 atom stereocenters. The minimum Gasteiger partial charge on any atom is -0.444 e. The number of oxazole rings is 1. The third kappa shape index (κ3) is 4.86. The molecule has 0 bridgehead atoms. The zero-order chi connectivity index (χ0) is 18.7. The number of hydrogen-bond acceptors (Lipinski definition) is 7. The molecule has 3 rings (SSSR count). The van der Waals surface area contributed by atoms with Crippen LogP contribution >= 0.6 is 23.1 Å². The summed E-state index contributed by atoms with van der Waals surface area (Å²) < 4.78 is 6.94. The Balaban J connectivity index is 1.57. The predicted octanol–water partition coefficient (Wildman–Crippen LogP) is 4.22. The first-order chi connectivity index (χ1) is 12.3. The number of hydrogen-bond donors (Lipinski definition) is 2. The van der Waals surface area contributed by atoms with Crippen LogP contribution in [0.1, 0.15) is 57.4 Å². The second-order valence-electron chi connectivity index (χ2n) is 7.59. The first-order valence-electron chi connectivity index (χ1n) is 8.93. The molecule has 1 amide bonds. The van der Waals surface area contributed by atoms with Gasteiger partial charge in [-0.2, -0.15) is 0 Å². The zero-order valence-corrected chi connectivity index (χ0v) is 17.3. The van der Waals surface area contributed by atoms with E-state index in [1.807, 2.05) is 6.20 Å². The third-order valence-electron chi connectivity index (χ3n) is 4.29. The molecule has 0 saturated carbocycles. The molecule has 0 aliphatic carbocycles. The average Bonchev–Trinajstić information content (AvgIpc) is 3.25. The maximum Gasteiger partial charge on any atom is 0.230 e. The van der Waals surface area contributed by atoms with E-state index in [0.29, 0.717) is 11.0 Å². The summed E-state index contributed by atoms with van der Waals surface area (Å²) in [5.74, 6) is 1.69. The van der Waals surface area contributed by atoms with E-state index in [9.17, 15) is 4.79 Å². The molecule has 2 aromatic heterocycles. The number of rotatable bonds is 5. The average molecular weight is 395 g/mol. The van der Waals surface area contributed by atoms with Crippen LogP contribution < -0.4 is 10.6 Å². The van der Waals surface area contributed by atoms with Crippen molar-refractivity contribution in [3.63, 3.8) is 0 Å². The molecule has 0 aromatic carbocycles. The number of piperidine rings is 1. The number of amides is 1. The highest BCUT2D eigenvalue weighted by molar-refractivity contribution is 8.01. The number of thioether (sulfide) groups is 1. The van der Waals surface area contributed by atoms with Gasteiger partial charge in [-0.3, -0.25) is 4.79 Å². The van der Waals surface area contributed by atoms with Gasteiger partial charge in [-0.1, -0.05) is 32.1 Å². The van der Waals surface area contributed by atoms with E-state index in [1.165, 1.54) is 11.3 Å². The van der Waals surface area contributed by atoms with Crippen molar-refractivity contribution >= 4 is 34.1 Å². The largest absolute Gasteiger partial charge is 0.444 e. The second-order valence-corrected chi connectivity index (χ2v) is 10.3. The van der Waals surface area contributed by atoms with Crippen LogP contribution in [0.2, 0.25) is 0 Å². The molecule has 2 aromatic rings. The van der Waals surface area contributed by atoms with E-state index in [-0.39, 0.29) is 22.5 Å². The fraction of sp³-hybridized carbons (Fsp3) is 0.611. The molecular formula is C18H26N4O2S2. The number of nitrogens with zero attached hydrogens (tertiary/aromatic N) is 2. The number of carbonyl (C=O) groups excluding carboxylic acids is 1. The van der Waals surface area contributed by atoms with Gasteiger partial charge in [0.2, 0.25) is 11.8 Å². The van der Waals surface area contributed by atoms with Gasteiger partial charge in [0.25, 0.3) is 0 Å². The van der Waals surface area contributed by atoms with Gasteiger partial charge in [-0.25, -0.2) is 9.97 Å². The quantitative estimate of drug-likeness (QED) is 0.739. The highest BCUT2D eigenvalue weighted by atomic mass is 32.2. The number of thiazole rings is 1. The monoisotopic (exact) mass is 394 g/mol. The maximum absolute atomic E-state index is 12.3. The Bertz CT molecular complexity index is 744. The van der Waals surface area contributed by atoms with E-state index in [0.717, 1.165) is 35.9 Å². The number of carbonyl (C=O) groups is 1. The fourth-order valence-electron chi connectivity index (χ4n) is 2.70. The van der Waals surface area contributed by atoms with Crippen LogP contribution in [0.5, 0.6) is 0 Å². The van der Waals surface area contributed by atoms with Gasteiger partial charge in [0.1, 0.15) is 5.76 Å². The predicted molar refractivity (Wildman–Crippen MR) is 106 cm³/mol. The molecular weight excluding hydrogens is 368 g/mol. The van der Waals surface area contributed by atoms with E-state index in [4.69, 9.17) is 4.42 Å². The lowest BCUT2D eigenvalue weighted by Gasteiger charge is -2.21. The lowest BCUT2D eigenvalue weighted by Crippen LogP contribution is -2.37. The van der Waals surface area contributed by atoms with Crippen LogP contribution in [0.3, 0.4) is 0 Å². The van der Waals surface area contributed by atoms with Crippen molar-refractivity contribution in [2.24, 2.45) is 5.92 Å². The van der Waals surface area contributed by atoms with Gasteiger partial charge in [0, 0.05) is 12.0 Å². The van der Waals surface area contributed by atoms with Gasteiger partial charge in [-0.05, 0) is 26.3 Å². The van der Waals surface area contributed by atoms with Gasteiger partial charge in [-0.15, -0.1) is 11.8 Å². The van der Waals surface area contributed by atoms with Crippen LogP contribution in [0.4, 0.5) is 5.13 Å². The van der Waals surface area contributed by atoms with Crippen LogP contribution in [-0.2, 0) is 10.2 Å². The van der Waals surface area contributed by atoms with Crippen molar-refractivity contribution < 1.29 is 9.21 Å². The van der Waals surface area contributed by atoms with Gasteiger partial charge in [0.15, 0.2) is 5.13 Å². The van der Waals surface area contributed by atoms with Gasteiger partial charge in [0.05, 0.1) is 27.8 Å². The number of aromatic nitrogens is 2. The highest BCUT2D eigenvalue weighted by Gasteiger charge is 2.24. The van der Waals surface area contributed by atoms with E-state index in [1.54, 1.807) is 18.0 Å². The summed E-state index contributed by atoms with van der Waals surface area (Å²) in [6, 6.07) is 0. The van der Waals surface area contributed by atoms with Crippen LogP contribution in [-0.4, -0.2) is 29.0 Å². The first kappa shape index (κ1) is 19.4. The van der Waals surface area contributed by atoms with Crippen molar-refractivity contribution in [2.45, 2.75) is 55.4 Å². The second kappa shape index (κ2) is 8.10. The third-order valence-corrected chi connectivity index (χ3v) is 6.42. The summed E-state index contributed by atoms with van der Waals surface area (Å²) in [5, 5.41) is 6.94. The Morgan fingerprint density at radius 1 is 1.42 bits per heavy atom. The molecule has 2 unspecified atom stereocenters. The van der Waals surface area contributed by atoms with Crippen molar-refractivity contribution in [3.05, 3.63) is 24.0 Å². The van der Waals surface area contributed by atoms with Crippen molar-refractivity contribution in [1.82, 2.24) is 15.3 Å². The Morgan fingerprint density at radius 2 is 2.23 bits per heavy atom. The Morgan fingerprint density at radius 3 is 2.88 bits per heavy atom. The summed E-state index contributed by atoms with van der Waals surface area (Å²) in [5.41, 5.74) is -0.0500. The van der Waals surface area contributed by atoms with Crippen LogP contribution in [0, 0.1) is 5.92 Å². The minimum atomic E-state index is -0.0500. The molecule has 142 valence electrons. The molecule has 1 aliphatic rings. The molecule has 26 heavy (non-hydrogen) atoms. The van der Waals surface area contributed by atoms with Gasteiger partial charge < -0.3 is 15.1 Å². The van der Waals surface area contributed by atoms with Crippen molar-refractivity contribution in [1.29, 1.82) is 0 Å². The molecule has 1 fully saturated rings. The van der Waals surface area contributed by atoms with Crippen LogP contribution in [0.15, 0.2) is 21.0 Å². The van der Waals surface area contributed by atoms with E-state index >= 15 is 0 Å². The van der Waals surface area contributed by atoms with Crippen molar-refractivity contribution in [3.8, 4) is 0 Å².